The second-order valence-corrected chi connectivity index (χ2v) is 5.66. The first-order valence-electron chi connectivity index (χ1n) is 6.44. The number of benzene rings is 1. The molecule has 19 heavy (non-hydrogen) atoms. The van der Waals surface area contributed by atoms with Gasteiger partial charge >= 0.3 is 5.97 Å². The molecule has 1 aromatic carbocycles. The van der Waals surface area contributed by atoms with Gasteiger partial charge in [-0.05, 0) is 47.3 Å². The van der Waals surface area contributed by atoms with Crippen molar-refractivity contribution in [3.8, 4) is 0 Å². The SMILES string of the molecule is CN(CC1CCCCO1)c1cccc(Br)c1C(=O)O. The minimum absolute atomic E-state index is 0.194. The lowest BCUT2D eigenvalue weighted by Gasteiger charge is -2.29. The Kier molecular flexibility index (Phi) is 4.82. The fourth-order valence-corrected chi connectivity index (χ4v) is 2.92. The Labute approximate surface area is 121 Å². The molecule has 0 aliphatic carbocycles. The molecule has 0 amide bonds. The number of carboxylic acid groups (broad SMARTS) is 1. The van der Waals surface area contributed by atoms with Crippen LogP contribution in [0.5, 0.6) is 0 Å². The first-order chi connectivity index (χ1) is 9.09. The van der Waals surface area contributed by atoms with E-state index < -0.39 is 5.97 Å². The number of likely N-dealkylation sites (N-methyl/N-ethyl adjacent to an activating group) is 1. The van der Waals surface area contributed by atoms with E-state index in [-0.39, 0.29) is 6.10 Å². The van der Waals surface area contributed by atoms with Crippen LogP contribution in [-0.4, -0.2) is 37.4 Å². The summed E-state index contributed by atoms with van der Waals surface area (Å²) in [4.78, 5) is 13.3. The van der Waals surface area contributed by atoms with Crippen LogP contribution >= 0.6 is 15.9 Å². The van der Waals surface area contributed by atoms with Crippen molar-refractivity contribution in [2.24, 2.45) is 0 Å². The second-order valence-electron chi connectivity index (χ2n) is 4.81. The summed E-state index contributed by atoms with van der Waals surface area (Å²) in [6.45, 7) is 1.53. The second kappa shape index (κ2) is 6.39. The predicted molar refractivity (Wildman–Crippen MR) is 78.0 cm³/mol. The Morgan fingerprint density at radius 2 is 2.32 bits per heavy atom. The van der Waals surface area contributed by atoms with Crippen LogP contribution in [0.4, 0.5) is 5.69 Å². The molecule has 1 aromatic rings. The van der Waals surface area contributed by atoms with Gasteiger partial charge in [-0.1, -0.05) is 6.07 Å². The van der Waals surface area contributed by atoms with Gasteiger partial charge in [0.1, 0.15) is 0 Å². The summed E-state index contributed by atoms with van der Waals surface area (Å²) in [7, 11) is 1.91. The van der Waals surface area contributed by atoms with Crippen LogP contribution in [0.15, 0.2) is 22.7 Å². The molecule has 1 fully saturated rings. The molecule has 4 nitrogen and oxygen atoms in total. The molecule has 104 valence electrons. The molecular formula is C14H18BrNO3. The van der Waals surface area contributed by atoms with Gasteiger partial charge in [0.15, 0.2) is 0 Å². The Morgan fingerprint density at radius 1 is 1.53 bits per heavy atom. The van der Waals surface area contributed by atoms with E-state index in [0.29, 0.717) is 10.0 Å². The van der Waals surface area contributed by atoms with Crippen molar-refractivity contribution < 1.29 is 14.6 Å². The van der Waals surface area contributed by atoms with Crippen LogP contribution in [0.2, 0.25) is 0 Å². The standard InChI is InChI=1S/C14H18BrNO3/c1-16(9-10-5-2-3-8-19-10)12-7-4-6-11(15)13(12)14(17)18/h4,6-7,10H,2-3,5,8-9H2,1H3,(H,17,18). The van der Waals surface area contributed by atoms with Crippen molar-refractivity contribution in [3.63, 3.8) is 0 Å². The van der Waals surface area contributed by atoms with Gasteiger partial charge in [0, 0.05) is 24.7 Å². The number of ether oxygens (including phenoxy) is 1. The van der Waals surface area contributed by atoms with Crippen LogP contribution < -0.4 is 4.90 Å². The monoisotopic (exact) mass is 327 g/mol. The summed E-state index contributed by atoms with van der Waals surface area (Å²) in [6, 6.07) is 5.43. The topological polar surface area (TPSA) is 49.8 Å². The number of hydrogen-bond donors (Lipinski definition) is 1. The van der Waals surface area contributed by atoms with Crippen LogP contribution in [0.3, 0.4) is 0 Å². The van der Waals surface area contributed by atoms with Gasteiger partial charge in [0.25, 0.3) is 0 Å². The first-order valence-corrected chi connectivity index (χ1v) is 7.23. The van der Waals surface area contributed by atoms with E-state index in [4.69, 9.17) is 4.74 Å². The summed E-state index contributed by atoms with van der Waals surface area (Å²) in [5.41, 5.74) is 1.02. The Morgan fingerprint density at radius 3 is 2.95 bits per heavy atom. The van der Waals surface area contributed by atoms with Crippen LogP contribution in [0, 0.1) is 0 Å². The van der Waals surface area contributed by atoms with Crippen molar-refractivity contribution in [2.75, 3.05) is 25.1 Å². The lowest BCUT2D eigenvalue weighted by molar-refractivity contribution is 0.0215. The fraction of sp³-hybridized carbons (Fsp3) is 0.500. The number of nitrogens with zero attached hydrogens (tertiary/aromatic N) is 1. The number of rotatable bonds is 4. The number of carboxylic acids is 1. The zero-order chi connectivity index (χ0) is 13.8. The van der Waals surface area contributed by atoms with Crippen molar-refractivity contribution >= 4 is 27.6 Å². The maximum absolute atomic E-state index is 11.4. The zero-order valence-electron chi connectivity index (χ0n) is 10.9. The summed E-state index contributed by atoms with van der Waals surface area (Å²) in [6.07, 6.45) is 3.54. The average molecular weight is 328 g/mol. The molecule has 1 aliphatic rings. The minimum Gasteiger partial charge on any atom is -0.478 e. The normalized spacial score (nSPS) is 19.2. The van der Waals surface area contributed by atoms with E-state index >= 15 is 0 Å². The Hall–Kier alpha value is -1.07. The minimum atomic E-state index is -0.918. The van der Waals surface area contributed by atoms with Crippen LogP contribution in [0.25, 0.3) is 0 Å². The number of hydrogen-bond acceptors (Lipinski definition) is 3. The summed E-state index contributed by atoms with van der Waals surface area (Å²) < 4.78 is 6.31. The number of carbonyl (C=O) groups is 1. The quantitative estimate of drug-likeness (QED) is 0.922. The molecule has 0 radical (unpaired) electrons. The molecule has 2 rings (SSSR count). The molecule has 0 aromatic heterocycles. The largest absolute Gasteiger partial charge is 0.478 e. The smallest absolute Gasteiger partial charge is 0.338 e. The highest BCUT2D eigenvalue weighted by molar-refractivity contribution is 9.10. The number of anilines is 1. The molecule has 1 heterocycles. The molecule has 1 unspecified atom stereocenters. The van der Waals surface area contributed by atoms with Crippen molar-refractivity contribution in [1.29, 1.82) is 0 Å². The molecule has 0 bridgehead atoms. The maximum atomic E-state index is 11.4. The third kappa shape index (κ3) is 3.48. The van der Waals surface area contributed by atoms with Crippen molar-refractivity contribution in [3.05, 3.63) is 28.2 Å². The van der Waals surface area contributed by atoms with Gasteiger partial charge in [-0.25, -0.2) is 4.79 Å². The summed E-state index contributed by atoms with van der Waals surface area (Å²) >= 11 is 3.30. The summed E-state index contributed by atoms with van der Waals surface area (Å²) in [5, 5.41) is 9.31. The first kappa shape index (κ1) is 14.3. The van der Waals surface area contributed by atoms with Crippen molar-refractivity contribution in [1.82, 2.24) is 0 Å². The van der Waals surface area contributed by atoms with E-state index in [1.165, 1.54) is 6.42 Å². The van der Waals surface area contributed by atoms with E-state index in [1.54, 1.807) is 6.07 Å². The van der Waals surface area contributed by atoms with E-state index in [0.717, 1.165) is 31.7 Å². The molecule has 1 N–H and O–H groups in total. The molecule has 1 atom stereocenters. The van der Waals surface area contributed by atoms with Crippen LogP contribution in [0.1, 0.15) is 29.6 Å². The van der Waals surface area contributed by atoms with E-state index in [9.17, 15) is 9.90 Å². The molecule has 5 heteroatoms. The third-order valence-electron chi connectivity index (χ3n) is 3.37. The van der Waals surface area contributed by atoms with Gasteiger partial charge in [-0.2, -0.15) is 0 Å². The number of aromatic carboxylic acids is 1. The number of halogens is 1. The molecule has 0 spiro atoms. The molecule has 1 saturated heterocycles. The predicted octanol–water partition coefficient (Wildman–Crippen LogP) is 3.15. The molecule has 1 aliphatic heterocycles. The zero-order valence-corrected chi connectivity index (χ0v) is 12.5. The fourth-order valence-electron chi connectivity index (χ4n) is 2.40. The van der Waals surface area contributed by atoms with Gasteiger partial charge < -0.3 is 14.7 Å². The molecule has 0 saturated carbocycles. The van der Waals surface area contributed by atoms with Gasteiger partial charge in [-0.3, -0.25) is 0 Å². The van der Waals surface area contributed by atoms with E-state index in [1.807, 2.05) is 24.1 Å². The lowest BCUT2D eigenvalue weighted by atomic mass is 10.1. The molecular weight excluding hydrogens is 310 g/mol. The highest BCUT2D eigenvalue weighted by Gasteiger charge is 2.20. The van der Waals surface area contributed by atoms with Gasteiger partial charge in [-0.15, -0.1) is 0 Å². The average Bonchev–Trinajstić information content (AvgIpc) is 2.39. The van der Waals surface area contributed by atoms with E-state index in [2.05, 4.69) is 15.9 Å². The highest BCUT2D eigenvalue weighted by atomic mass is 79.9. The van der Waals surface area contributed by atoms with Crippen molar-refractivity contribution in [2.45, 2.75) is 25.4 Å². The highest BCUT2D eigenvalue weighted by Crippen LogP contribution is 2.28. The lowest BCUT2D eigenvalue weighted by Crippen LogP contribution is -2.34. The Bertz CT molecular complexity index is 458. The van der Waals surface area contributed by atoms with Crippen LogP contribution in [-0.2, 0) is 4.74 Å². The Balaban J connectivity index is 2.16. The van der Waals surface area contributed by atoms with Gasteiger partial charge in [0.05, 0.1) is 17.4 Å². The maximum Gasteiger partial charge on any atom is 0.338 e. The third-order valence-corrected chi connectivity index (χ3v) is 4.03. The summed E-state index contributed by atoms with van der Waals surface area (Å²) in [5.74, 6) is -0.918. The van der Waals surface area contributed by atoms with Gasteiger partial charge in [0.2, 0.25) is 0 Å².